The molecular weight excluding hydrogens is 398 g/mol. The van der Waals surface area contributed by atoms with Crippen LogP contribution in [0.5, 0.6) is 0 Å². The maximum Gasteiger partial charge on any atom is 0.272 e. The maximum atomic E-state index is 13.1. The summed E-state index contributed by atoms with van der Waals surface area (Å²) < 4.78 is 3.83. The van der Waals surface area contributed by atoms with E-state index < -0.39 is 0 Å². The molecule has 0 radical (unpaired) electrons. The molecule has 2 aromatic carbocycles. The molecule has 0 atom stereocenters. The van der Waals surface area contributed by atoms with Crippen LogP contribution in [0, 0.1) is 0 Å². The molecule has 2 heterocycles. The van der Waals surface area contributed by atoms with Gasteiger partial charge in [-0.1, -0.05) is 42.8 Å². The lowest BCUT2D eigenvalue weighted by molar-refractivity contribution is 0.0947. The van der Waals surface area contributed by atoms with Gasteiger partial charge in [0.2, 0.25) is 0 Å². The molecule has 1 aliphatic rings. The molecule has 162 valence electrons. The normalized spacial score (nSPS) is 13.4. The number of carbonyl (C=O) groups is 1. The van der Waals surface area contributed by atoms with E-state index in [0.717, 1.165) is 54.6 Å². The molecule has 1 N–H and O–H groups in total. The largest absolute Gasteiger partial charge is 0.350 e. The number of amides is 1. The zero-order valence-electron chi connectivity index (χ0n) is 18.1. The third-order valence-corrected chi connectivity index (χ3v) is 6.00. The Morgan fingerprint density at radius 2 is 1.62 bits per heavy atom. The lowest BCUT2D eigenvalue weighted by Crippen LogP contribution is -2.27. The molecule has 5 rings (SSSR count). The van der Waals surface area contributed by atoms with Crippen LogP contribution in [0.2, 0.25) is 0 Å². The van der Waals surface area contributed by atoms with Crippen LogP contribution in [-0.2, 0) is 19.3 Å². The van der Waals surface area contributed by atoms with E-state index in [1.165, 1.54) is 12.1 Å². The average Bonchev–Trinajstić information content (AvgIpc) is 3.38. The second-order valence-corrected chi connectivity index (χ2v) is 8.22. The van der Waals surface area contributed by atoms with Crippen LogP contribution in [0.15, 0.2) is 73.1 Å². The number of para-hydroxylation sites is 2. The Bertz CT molecular complexity index is 1190. The monoisotopic (exact) mass is 425 g/mol. The highest BCUT2D eigenvalue weighted by Gasteiger charge is 2.24. The summed E-state index contributed by atoms with van der Waals surface area (Å²) in [5, 5.41) is 12.3. The van der Waals surface area contributed by atoms with Crippen molar-refractivity contribution in [2.45, 2.75) is 38.5 Å². The zero-order valence-corrected chi connectivity index (χ0v) is 18.1. The predicted molar refractivity (Wildman–Crippen MR) is 124 cm³/mol. The molecular formula is C26H27N5O. The second kappa shape index (κ2) is 9.22. The Morgan fingerprint density at radius 3 is 2.41 bits per heavy atom. The van der Waals surface area contributed by atoms with Crippen molar-refractivity contribution in [3.8, 4) is 11.4 Å². The Labute approximate surface area is 187 Å². The minimum absolute atomic E-state index is 0.0896. The van der Waals surface area contributed by atoms with Gasteiger partial charge >= 0.3 is 0 Å². The van der Waals surface area contributed by atoms with E-state index in [1.54, 1.807) is 0 Å². The van der Waals surface area contributed by atoms with Gasteiger partial charge in [-0.05, 0) is 61.9 Å². The number of nitrogens with one attached hydrogen (secondary N) is 1. The number of hydrogen-bond acceptors (Lipinski definition) is 3. The highest BCUT2D eigenvalue weighted by Crippen LogP contribution is 2.26. The first-order chi connectivity index (χ1) is 15.8. The molecule has 1 aliphatic carbocycles. The molecule has 0 saturated heterocycles. The quantitative estimate of drug-likeness (QED) is 0.469. The molecule has 0 spiro atoms. The fourth-order valence-corrected chi connectivity index (χ4v) is 4.36. The van der Waals surface area contributed by atoms with E-state index in [9.17, 15) is 4.79 Å². The molecule has 32 heavy (non-hydrogen) atoms. The first kappa shape index (κ1) is 20.2. The van der Waals surface area contributed by atoms with Crippen LogP contribution in [0.4, 0.5) is 0 Å². The van der Waals surface area contributed by atoms with Crippen LogP contribution in [0.25, 0.3) is 11.4 Å². The van der Waals surface area contributed by atoms with E-state index in [0.29, 0.717) is 12.2 Å². The highest BCUT2D eigenvalue weighted by molar-refractivity contribution is 5.94. The summed E-state index contributed by atoms with van der Waals surface area (Å²) in [5.41, 5.74) is 5.99. The molecule has 4 aromatic rings. The zero-order chi connectivity index (χ0) is 21.8. The van der Waals surface area contributed by atoms with Crippen molar-refractivity contribution >= 4 is 5.91 Å². The van der Waals surface area contributed by atoms with Crippen molar-refractivity contribution in [1.82, 2.24) is 24.9 Å². The molecule has 0 saturated carbocycles. The average molecular weight is 426 g/mol. The Morgan fingerprint density at radius 1 is 0.906 bits per heavy atom. The smallest absolute Gasteiger partial charge is 0.272 e. The van der Waals surface area contributed by atoms with Crippen LogP contribution < -0.4 is 5.32 Å². The number of benzene rings is 2. The van der Waals surface area contributed by atoms with Gasteiger partial charge in [0.1, 0.15) is 0 Å². The summed E-state index contributed by atoms with van der Waals surface area (Å²) in [6, 6.07) is 20.1. The van der Waals surface area contributed by atoms with Gasteiger partial charge in [0, 0.05) is 24.0 Å². The second-order valence-electron chi connectivity index (χ2n) is 8.22. The number of nitrogens with zero attached hydrogens (tertiary/aromatic N) is 4. The van der Waals surface area contributed by atoms with Gasteiger partial charge in [-0.15, -0.1) is 0 Å². The van der Waals surface area contributed by atoms with Gasteiger partial charge in [0.15, 0.2) is 5.69 Å². The molecule has 6 nitrogen and oxygen atoms in total. The van der Waals surface area contributed by atoms with Gasteiger partial charge in [0.25, 0.3) is 5.91 Å². The molecule has 0 unspecified atom stereocenters. The SMILES string of the molecule is O=C(NCCc1cnn(-c2ccccc2)c1)c1nn(-c2ccccc2)c2c1CCCCC2. The van der Waals surface area contributed by atoms with Crippen molar-refractivity contribution in [1.29, 1.82) is 0 Å². The van der Waals surface area contributed by atoms with Gasteiger partial charge < -0.3 is 5.32 Å². The molecule has 0 fully saturated rings. The van der Waals surface area contributed by atoms with E-state index in [1.807, 2.05) is 82.4 Å². The van der Waals surface area contributed by atoms with Gasteiger partial charge in [-0.2, -0.15) is 10.2 Å². The number of carbonyl (C=O) groups excluding carboxylic acids is 1. The summed E-state index contributed by atoms with van der Waals surface area (Å²) in [6.07, 6.45) is 9.89. The Kier molecular flexibility index (Phi) is 5.83. The summed E-state index contributed by atoms with van der Waals surface area (Å²) in [7, 11) is 0. The van der Waals surface area contributed by atoms with Crippen LogP contribution in [0.3, 0.4) is 0 Å². The van der Waals surface area contributed by atoms with E-state index >= 15 is 0 Å². The first-order valence-electron chi connectivity index (χ1n) is 11.3. The molecule has 0 aliphatic heterocycles. The van der Waals surface area contributed by atoms with Crippen molar-refractivity contribution in [2.75, 3.05) is 6.54 Å². The highest BCUT2D eigenvalue weighted by atomic mass is 16.1. The fourth-order valence-electron chi connectivity index (χ4n) is 4.36. The minimum atomic E-state index is -0.0896. The summed E-state index contributed by atoms with van der Waals surface area (Å²) >= 11 is 0. The minimum Gasteiger partial charge on any atom is -0.350 e. The van der Waals surface area contributed by atoms with Crippen molar-refractivity contribution < 1.29 is 4.79 Å². The number of rotatable bonds is 6. The van der Waals surface area contributed by atoms with E-state index in [-0.39, 0.29) is 5.91 Å². The fraction of sp³-hybridized carbons (Fsp3) is 0.269. The van der Waals surface area contributed by atoms with Gasteiger partial charge in [0.05, 0.1) is 17.6 Å². The number of fused-ring (bicyclic) bond motifs is 1. The first-order valence-corrected chi connectivity index (χ1v) is 11.3. The van der Waals surface area contributed by atoms with E-state index in [2.05, 4.69) is 10.4 Å². The number of hydrogen-bond donors (Lipinski definition) is 1. The molecule has 2 aromatic heterocycles. The van der Waals surface area contributed by atoms with Gasteiger partial charge in [-0.3, -0.25) is 4.79 Å². The maximum absolute atomic E-state index is 13.1. The summed E-state index contributed by atoms with van der Waals surface area (Å²) in [5.74, 6) is -0.0896. The van der Waals surface area contributed by atoms with Crippen molar-refractivity contribution in [3.05, 3.63) is 95.6 Å². The van der Waals surface area contributed by atoms with Crippen molar-refractivity contribution in [2.24, 2.45) is 0 Å². The third kappa shape index (κ3) is 4.21. The molecule has 6 heteroatoms. The van der Waals surface area contributed by atoms with Crippen LogP contribution in [0.1, 0.15) is 46.6 Å². The third-order valence-electron chi connectivity index (χ3n) is 6.00. The lowest BCUT2D eigenvalue weighted by Gasteiger charge is -2.06. The topological polar surface area (TPSA) is 64.7 Å². The van der Waals surface area contributed by atoms with Crippen LogP contribution >= 0.6 is 0 Å². The summed E-state index contributed by atoms with van der Waals surface area (Å²) in [6.45, 7) is 0.548. The van der Waals surface area contributed by atoms with Crippen molar-refractivity contribution in [3.63, 3.8) is 0 Å². The lowest BCUT2D eigenvalue weighted by atomic mass is 10.1. The molecule has 1 amide bonds. The number of aromatic nitrogens is 4. The Hall–Kier alpha value is -3.67. The Balaban J connectivity index is 1.30. The van der Waals surface area contributed by atoms with Crippen LogP contribution in [-0.4, -0.2) is 32.0 Å². The standard InChI is InChI=1S/C26H27N5O/c32-26(27-17-16-20-18-28-30(19-20)21-10-4-1-5-11-21)25-23-14-8-3-9-15-24(23)31(29-25)22-12-6-2-7-13-22/h1-2,4-7,10-13,18-19H,3,8-9,14-17H2,(H,27,32). The molecule has 0 bridgehead atoms. The predicted octanol–water partition coefficient (Wildman–Crippen LogP) is 4.30. The summed E-state index contributed by atoms with van der Waals surface area (Å²) in [4.78, 5) is 13.1. The van der Waals surface area contributed by atoms with E-state index in [4.69, 9.17) is 5.10 Å². The van der Waals surface area contributed by atoms with Gasteiger partial charge in [-0.25, -0.2) is 9.36 Å².